The molecule has 1 unspecified atom stereocenters. The predicted molar refractivity (Wildman–Crippen MR) is 147 cm³/mol. The van der Waals surface area contributed by atoms with Gasteiger partial charge in [0.05, 0.1) is 42.2 Å². The van der Waals surface area contributed by atoms with E-state index in [9.17, 15) is 9.59 Å². The summed E-state index contributed by atoms with van der Waals surface area (Å²) in [4.78, 5) is 32.2. The van der Waals surface area contributed by atoms with Crippen LogP contribution in [0, 0.1) is 0 Å². The maximum Gasteiger partial charge on any atom is 0.338 e. The van der Waals surface area contributed by atoms with Gasteiger partial charge in [-0.1, -0.05) is 54.1 Å². The Labute approximate surface area is 229 Å². The Morgan fingerprint density at radius 3 is 2.58 bits per heavy atom. The molecule has 0 spiro atoms. The average molecular weight is 557 g/mol. The Hall–Kier alpha value is -3.40. The maximum absolute atomic E-state index is 13.9. The minimum atomic E-state index is -0.734. The molecule has 10 heteroatoms. The number of nitrogens with zero attached hydrogens (tertiary/aromatic N) is 2. The number of carbonyl (C=O) groups excluding carboxylic acids is 1. The SMILES string of the molecule is CCCOc1c(C=c2sc3n(c2=O)C(c2ccc(Cl)cc2)C(C(=O)OCCOC)=C(C)N=3)cccc1OC. The Morgan fingerprint density at radius 1 is 1.13 bits per heavy atom. The third-order valence-corrected chi connectivity index (χ3v) is 7.15. The fourth-order valence-electron chi connectivity index (χ4n) is 4.15. The lowest BCUT2D eigenvalue weighted by Gasteiger charge is -2.24. The van der Waals surface area contributed by atoms with Crippen LogP contribution < -0.4 is 24.4 Å². The van der Waals surface area contributed by atoms with Crippen LogP contribution in [0.5, 0.6) is 11.5 Å². The molecule has 0 amide bonds. The highest BCUT2D eigenvalue weighted by molar-refractivity contribution is 7.07. The largest absolute Gasteiger partial charge is 0.493 e. The highest BCUT2D eigenvalue weighted by Crippen LogP contribution is 2.33. The topological polar surface area (TPSA) is 88.4 Å². The average Bonchev–Trinajstić information content (AvgIpc) is 3.21. The van der Waals surface area contributed by atoms with Crippen molar-refractivity contribution in [2.75, 3.05) is 34.0 Å². The van der Waals surface area contributed by atoms with Gasteiger partial charge in [-0.3, -0.25) is 9.36 Å². The minimum Gasteiger partial charge on any atom is -0.493 e. The smallest absolute Gasteiger partial charge is 0.338 e. The first-order valence-corrected chi connectivity index (χ1v) is 13.3. The maximum atomic E-state index is 13.9. The van der Waals surface area contributed by atoms with E-state index in [1.165, 1.54) is 23.0 Å². The molecule has 0 saturated heterocycles. The van der Waals surface area contributed by atoms with Gasteiger partial charge in [0.15, 0.2) is 16.3 Å². The van der Waals surface area contributed by atoms with Gasteiger partial charge in [0, 0.05) is 17.7 Å². The van der Waals surface area contributed by atoms with E-state index in [0.717, 1.165) is 6.42 Å². The summed E-state index contributed by atoms with van der Waals surface area (Å²) in [6.45, 7) is 4.61. The molecule has 0 bridgehead atoms. The Morgan fingerprint density at radius 2 is 1.89 bits per heavy atom. The number of fused-ring (bicyclic) bond motifs is 1. The number of benzene rings is 2. The molecule has 1 aromatic heterocycles. The van der Waals surface area contributed by atoms with Gasteiger partial charge in [-0.2, -0.15) is 0 Å². The normalized spacial score (nSPS) is 15.2. The number of carbonyl (C=O) groups is 1. The first-order chi connectivity index (χ1) is 18.4. The molecule has 0 saturated carbocycles. The lowest BCUT2D eigenvalue weighted by Crippen LogP contribution is -2.40. The van der Waals surface area contributed by atoms with Crippen molar-refractivity contribution in [3.8, 4) is 11.5 Å². The number of allylic oxidation sites excluding steroid dienone is 1. The van der Waals surface area contributed by atoms with Crippen LogP contribution in [0.3, 0.4) is 0 Å². The molecular weight excluding hydrogens is 528 g/mol. The van der Waals surface area contributed by atoms with Gasteiger partial charge in [-0.15, -0.1) is 0 Å². The Balaban J connectivity index is 1.89. The van der Waals surface area contributed by atoms with Gasteiger partial charge in [0.1, 0.15) is 6.61 Å². The summed E-state index contributed by atoms with van der Waals surface area (Å²) in [5.41, 5.74) is 1.90. The minimum absolute atomic E-state index is 0.0836. The molecule has 0 radical (unpaired) electrons. The second-order valence-corrected chi connectivity index (χ2v) is 9.93. The van der Waals surface area contributed by atoms with E-state index in [2.05, 4.69) is 4.99 Å². The van der Waals surface area contributed by atoms with Crippen LogP contribution in [0.1, 0.15) is 37.4 Å². The van der Waals surface area contributed by atoms with Gasteiger partial charge < -0.3 is 18.9 Å². The molecule has 1 aliphatic heterocycles. The number of rotatable bonds is 10. The van der Waals surface area contributed by atoms with Crippen LogP contribution in [0.2, 0.25) is 5.02 Å². The molecule has 2 heterocycles. The summed E-state index contributed by atoms with van der Waals surface area (Å²) in [6.07, 6.45) is 2.59. The molecule has 0 aliphatic carbocycles. The van der Waals surface area contributed by atoms with Crippen LogP contribution in [-0.2, 0) is 14.3 Å². The summed E-state index contributed by atoms with van der Waals surface area (Å²) in [5, 5.41) is 0.545. The van der Waals surface area contributed by atoms with E-state index < -0.39 is 12.0 Å². The number of halogens is 1. The van der Waals surface area contributed by atoms with E-state index in [1.807, 2.05) is 25.1 Å². The van der Waals surface area contributed by atoms with Gasteiger partial charge in [-0.25, -0.2) is 9.79 Å². The summed E-state index contributed by atoms with van der Waals surface area (Å²) >= 11 is 7.38. The van der Waals surface area contributed by atoms with E-state index in [1.54, 1.807) is 44.4 Å². The number of thiazole rings is 1. The van der Waals surface area contributed by atoms with Gasteiger partial charge in [-0.05, 0) is 43.2 Å². The summed E-state index contributed by atoms with van der Waals surface area (Å²) < 4.78 is 23.9. The summed E-state index contributed by atoms with van der Waals surface area (Å²) in [5.74, 6) is 0.590. The van der Waals surface area contributed by atoms with Gasteiger partial charge in [0.25, 0.3) is 5.56 Å². The quantitative estimate of drug-likeness (QED) is 0.278. The lowest BCUT2D eigenvalue weighted by molar-refractivity contribution is -0.140. The molecule has 4 rings (SSSR count). The molecule has 1 atom stereocenters. The first-order valence-electron chi connectivity index (χ1n) is 12.1. The number of esters is 1. The van der Waals surface area contributed by atoms with Crippen molar-refractivity contribution >= 4 is 35.0 Å². The molecule has 1 aliphatic rings. The second kappa shape index (κ2) is 12.4. The molecular formula is C28H29ClN2O6S. The molecule has 2 aromatic carbocycles. The zero-order valence-corrected chi connectivity index (χ0v) is 23.2. The van der Waals surface area contributed by atoms with E-state index >= 15 is 0 Å². The number of methoxy groups -OCH3 is 2. The van der Waals surface area contributed by atoms with Crippen LogP contribution in [0.15, 0.2) is 63.5 Å². The zero-order valence-electron chi connectivity index (χ0n) is 21.7. The highest BCUT2D eigenvalue weighted by Gasteiger charge is 2.33. The third kappa shape index (κ3) is 5.70. The summed E-state index contributed by atoms with van der Waals surface area (Å²) in [6, 6.07) is 11.8. The van der Waals surface area contributed by atoms with Crippen LogP contribution in [0.4, 0.5) is 0 Å². The Kier molecular flexibility index (Phi) is 9.04. The van der Waals surface area contributed by atoms with Crippen LogP contribution >= 0.6 is 22.9 Å². The van der Waals surface area contributed by atoms with E-state index in [-0.39, 0.29) is 24.3 Å². The zero-order chi connectivity index (χ0) is 27.2. The monoisotopic (exact) mass is 556 g/mol. The predicted octanol–water partition coefficient (Wildman–Crippen LogP) is 3.88. The van der Waals surface area contributed by atoms with Crippen molar-refractivity contribution in [1.29, 1.82) is 0 Å². The van der Waals surface area contributed by atoms with Crippen molar-refractivity contribution in [2.45, 2.75) is 26.3 Å². The standard InChI is InChI=1S/C28H29ClN2O6S/c1-5-13-36-25-19(7-6-8-21(25)35-4)16-22-26(32)31-24(18-9-11-20(29)12-10-18)23(17(2)30-28(31)38-22)27(33)37-15-14-34-3/h6-12,16,24H,5,13-15H2,1-4H3. The molecule has 3 aromatic rings. The van der Waals surface area contributed by atoms with Crippen molar-refractivity contribution in [3.05, 3.63) is 89.6 Å². The van der Waals surface area contributed by atoms with Crippen molar-refractivity contribution in [1.82, 2.24) is 4.57 Å². The molecule has 0 N–H and O–H groups in total. The molecule has 0 fully saturated rings. The van der Waals surface area contributed by atoms with E-state index in [4.69, 9.17) is 30.5 Å². The van der Waals surface area contributed by atoms with Gasteiger partial charge >= 0.3 is 5.97 Å². The number of aromatic nitrogens is 1. The second-order valence-electron chi connectivity index (χ2n) is 8.49. The number of ether oxygens (including phenoxy) is 4. The van der Waals surface area contributed by atoms with Gasteiger partial charge in [0.2, 0.25) is 0 Å². The number of para-hydroxylation sites is 1. The Bertz CT molecular complexity index is 1520. The highest BCUT2D eigenvalue weighted by atomic mass is 35.5. The fraction of sp³-hybridized carbons (Fsp3) is 0.321. The first kappa shape index (κ1) is 27.6. The van der Waals surface area contributed by atoms with Crippen molar-refractivity contribution in [3.63, 3.8) is 0 Å². The summed E-state index contributed by atoms with van der Waals surface area (Å²) in [7, 11) is 3.11. The molecule has 8 nitrogen and oxygen atoms in total. The van der Waals surface area contributed by atoms with Crippen LogP contribution in [-0.4, -0.2) is 44.6 Å². The van der Waals surface area contributed by atoms with Crippen LogP contribution in [0.25, 0.3) is 6.08 Å². The van der Waals surface area contributed by atoms with Crippen molar-refractivity contribution < 1.29 is 23.7 Å². The van der Waals surface area contributed by atoms with E-state index in [0.29, 0.717) is 49.3 Å². The third-order valence-electron chi connectivity index (χ3n) is 5.91. The molecule has 200 valence electrons. The fourth-order valence-corrected chi connectivity index (χ4v) is 5.31. The number of hydrogen-bond acceptors (Lipinski definition) is 8. The molecule has 38 heavy (non-hydrogen) atoms. The number of hydrogen-bond donors (Lipinski definition) is 0. The van der Waals surface area contributed by atoms with Crippen molar-refractivity contribution in [2.24, 2.45) is 4.99 Å². The lowest BCUT2D eigenvalue weighted by atomic mass is 9.96.